The van der Waals surface area contributed by atoms with E-state index in [1.807, 2.05) is 36.4 Å². The van der Waals surface area contributed by atoms with Crippen LogP contribution in [0.5, 0.6) is 0 Å². The summed E-state index contributed by atoms with van der Waals surface area (Å²) in [6.07, 6.45) is 0.745. The maximum atomic E-state index is 12.1. The summed E-state index contributed by atoms with van der Waals surface area (Å²) in [5.41, 5.74) is 2.54. The molecule has 0 saturated carbocycles. The standard InChI is InChI=1S/C22H25ClN6O2/c1-24-22(25-11-10-15-6-4-8-17(12-15)21(30)29(2)3)26-14-19-27-20(28-31-19)16-7-5-9-18(23)13-16/h4-9,12-13H,10-11,14H2,1-3H3,(H2,24,25,26). The minimum absolute atomic E-state index is 0.0102. The Morgan fingerprint density at radius 2 is 1.97 bits per heavy atom. The summed E-state index contributed by atoms with van der Waals surface area (Å²) >= 11 is 6.01. The van der Waals surface area contributed by atoms with Crippen LogP contribution in [0.1, 0.15) is 21.8 Å². The van der Waals surface area contributed by atoms with Gasteiger partial charge in [0.15, 0.2) is 5.96 Å². The topological polar surface area (TPSA) is 95.7 Å². The first kappa shape index (κ1) is 22.3. The summed E-state index contributed by atoms with van der Waals surface area (Å²) in [7, 11) is 5.18. The van der Waals surface area contributed by atoms with E-state index < -0.39 is 0 Å². The van der Waals surface area contributed by atoms with Gasteiger partial charge in [-0.1, -0.05) is 41.0 Å². The van der Waals surface area contributed by atoms with E-state index in [4.69, 9.17) is 16.1 Å². The molecule has 1 heterocycles. The van der Waals surface area contributed by atoms with E-state index in [1.54, 1.807) is 38.2 Å². The lowest BCUT2D eigenvalue weighted by molar-refractivity contribution is 0.0827. The Bertz CT molecular complexity index is 1060. The van der Waals surface area contributed by atoms with Crippen molar-refractivity contribution in [3.63, 3.8) is 0 Å². The Kier molecular flexibility index (Phi) is 7.61. The van der Waals surface area contributed by atoms with E-state index in [0.29, 0.717) is 41.4 Å². The van der Waals surface area contributed by atoms with Crippen molar-refractivity contribution < 1.29 is 9.32 Å². The van der Waals surface area contributed by atoms with E-state index >= 15 is 0 Å². The molecule has 0 radical (unpaired) electrons. The Labute approximate surface area is 186 Å². The lowest BCUT2D eigenvalue weighted by atomic mass is 10.1. The first-order valence-electron chi connectivity index (χ1n) is 9.80. The second-order valence-corrected chi connectivity index (χ2v) is 7.46. The summed E-state index contributed by atoms with van der Waals surface area (Å²) in [5, 5.41) is 11.0. The molecule has 1 aromatic heterocycles. The number of nitrogens with one attached hydrogen (secondary N) is 2. The minimum atomic E-state index is -0.0102. The Balaban J connectivity index is 1.50. The van der Waals surface area contributed by atoms with Crippen LogP contribution >= 0.6 is 11.6 Å². The minimum Gasteiger partial charge on any atom is -0.356 e. The van der Waals surface area contributed by atoms with Gasteiger partial charge < -0.3 is 20.1 Å². The molecule has 0 atom stereocenters. The van der Waals surface area contributed by atoms with Crippen molar-refractivity contribution in [1.82, 2.24) is 25.7 Å². The maximum Gasteiger partial charge on any atom is 0.253 e. The molecule has 0 aliphatic carbocycles. The van der Waals surface area contributed by atoms with Gasteiger partial charge in [0.25, 0.3) is 5.91 Å². The first-order valence-corrected chi connectivity index (χ1v) is 10.2. The molecule has 3 rings (SSSR count). The summed E-state index contributed by atoms with van der Waals surface area (Å²) < 4.78 is 5.30. The lowest BCUT2D eigenvalue weighted by Gasteiger charge is -2.12. The maximum absolute atomic E-state index is 12.1. The largest absolute Gasteiger partial charge is 0.356 e. The van der Waals surface area contributed by atoms with Crippen molar-refractivity contribution in [1.29, 1.82) is 0 Å². The summed E-state index contributed by atoms with van der Waals surface area (Å²) in [6, 6.07) is 14.9. The molecule has 0 aliphatic rings. The van der Waals surface area contributed by atoms with Crippen molar-refractivity contribution >= 4 is 23.5 Å². The molecule has 8 nitrogen and oxygen atoms in total. The van der Waals surface area contributed by atoms with Gasteiger partial charge in [-0.2, -0.15) is 4.98 Å². The third-order valence-corrected chi connectivity index (χ3v) is 4.70. The fraction of sp³-hybridized carbons (Fsp3) is 0.273. The van der Waals surface area contributed by atoms with E-state index in [1.165, 1.54) is 0 Å². The number of carbonyl (C=O) groups is 1. The number of amides is 1. The van der Waals surface area contributed by atoms with Gasteiger partial charge in [-0.15, -0.1) is 0 Å². The number of hydrogen-bond acceptors (Lipinski definition) is 5. The lowest BCUT2D eigenvalue weighted by Crippen LogP contribution is -2.37. The Morgan fingerprint density at radius 1 is 1.16 bits per heavy atom. The van der Waals surface area contributed by atoms with Crippen LogP contribution in [0, 0.1) is 0 Å². The molecule has 0 unspecified atom stereocenters. The molecule has 3 aromatic rings. The zero-order chi connectivity index (χ0) is 22.2. The molecule has 1 amide bonds. The van der Waals surface area contributed by atoms with Crippen molar-refractivity contribution in [3.05, 3.63) is 70.6 Å². The Morgan fingerprint density at radius 3 is 2.71 bits per heavy atom. The molecule has 9 heteroatoms. The number of halogens is 1. The normalized spacial score (nSPS) is 11.3. The molecular formula is C22H25ClN6O2. The fourth-order valence-electron chi connectivity index (χ4n) is 2.89. The summed E-state index contributed by atoms with van der Waals surface area (Å²) in [5.74, 6) is 1.52. The van der Waals surface area contributed by atoms with Crippen molar-refractivity contribution in [2.24, 2.45) is 4.99 Å². The molecule has 0 bridgehead atoms. The SMILES string of the molecule is CN=C(NCCc1cccc(C(=O)N(C)C)c1)NCc1nc(-c2cccc(Cl)c2)no1. The van der Waals surface area contributed by atoms with Crippen molar-refractivity contribution in [3.8, 4) is 11.4 Å². The van der Waals surface area contributed by atoms with E-state index in [0.717, 1.165) is 17.5 Å². The zero-order valence-electron chi connectivity index (χ0n) is 17.7. The monoisotopic (exact) mass is 440 g/mol. The van der Waals surface area contributed by atoms with Gasteiger partial charge in [0.2, 0.25) is 11.7 Å². The predicted octanol–water partition coefficient (Wildman–Crippen LogP) is 3.00. The van der Waals surface area contributed by atoms with Crippen LogP contribution < -0.4 is 10.6 Å². The second-order valence-electron chi connectivity index (χ2n) is 7.02. The number of benzene rings is 2. The van der Waals surface area contributed by atoms with Crippen LogP contribution in [0.4, 0.5) is 0 Å². The fourth-order valence-corrected chi connectivity index (χ4v) is 3.09. The van der Waals surface area contributed by atoms with Crippen LogP contribution in [0.25, 0.3) is 11.4 Å². The molecule has 31 heavy (non-hydrogen) atoms. The number of aliphatic imine (C=N–C) groups is 1. The number of carbonyl (C=O) groups excluding carboxylic acids is 1. The van der Waals surface area contributed by atoms with Gasteiger partial charge in [-0.3, -0.25) is 9.79 Å². The van der Waals surface area contributed by atoms with Crippen molar-refractivity contribution in [2.45, 2.75) is 13.0 Å². The van der Waals surface area contributed by atoms with E-state index in [2.05, 4.69) is 25.8 Å². The van der Waals surface area contributed by atoms with Crippen molar-refractivity contribution in [2.75, 3.05) is 27.7 Å². The molecular weight excluding hydrogens is 416 g/mol. The smallest absolute Gasteiger partial charge is 0.253 e. The van der Waals surface area contributed by atoms with Gasteiger partial charge in [0.1, 0.15) is 0 Å². The molecule has 0 saturated heterocycles. The average molecular weight is 441 g/mol. The summed E-state index contributed by atoms with van der Waals surface area (Å²) in [4.78, 5) is 22.3. The second kappa shape index (κ2) is 10.6. The highest BCUT2D eigenvalue weighted by atomic mass is 35.5. The van der Waals surface area contributed by atoms with Crippen LogP contribution in [-0.4, -0.2) is 54.6 Å². The van der Waals surface area contributed by atoms with Crippen LogP contribution in [0.2, 0.25) is 5.02 Å². The first-order chi connectivity index (χ1) is 15.0. The van der Waals surface area contributed by atoms with Crippen LogP contribution in [0.3, 0.4) is 0 Å². The molecule has 2 N–H and O–H groups in total. The number of rotatable bonds is 7. The summed E-state index contributed by atoms with van der Waals surface area (Å²) in [6.45, 7) is 0.983. The van der Waals surface area contributed by atoms with E-state index in [-0.39, 0.29) is 5.91 Å². The predicted molar refractivity (Wildman–Crippen MR) is 121 cm³/mol. The van der Waals surface area contributed by atoms with Crippen LogP contribution in [-0.2, 0) is 13.0 Å². The molecule has 0 spiro atoms. The van der Waals surface area contributed by atoms with Gasteiger partial charge in [-0.25, -0.2) is 0 Å². The highest BCUT2D eigenvalue weighted by Crippen LogP contribution is 2.19. The number of guanidine groups is 1. The Hall–Kier alpha value is -3.39. The molecule has 2 aromatic carbocycles. The highest BCUT2D eigenvalue weighted by Gasteiger charge is 2.10. The quantitative estimate of drug-likeness (QED) is 0.433. The molecule has 0 aliphatic heterocycles. The zero-order valence-corrected chi connectivity index (χ0v) is 18.5. The molecule has 162 valence electrons. The third kappa shape index (κ3) is 6.29. The highest BCUT2D eigenvalue weighted by molar-refractivity contribution is 6.30. The van der Waals surface area contributed by atoms with Gasteiger partial charge in [-0.05, 0) is 36.2 Å². The van der Waals surface area contributed by atoms with Gasteiger partial charge in [0.05, 0.1) is 6.54 Å². The third-order valence-electron chi connectivity index (χ3n) is 4.47. The number of aromatic nitrogens is 2. The van der Waals surface area contributed by atoms with Gasteiger partial charge in [0, 0.05) is 43.8 Å². The number of nitrogens with zero attached hydrogens (tertiary/aromatic N) is 4. The van der Waals surface area contributed by atoms with Gasteiger partial charge >= 0.3 is 0 Å². The van der Waals surface area contributed by atoms with Crippen LogP contribution in [0.15, 0.2) is 58.0 Å². The molecule has 0 fully saturated rings. The van der Waals surface area contributed by atoms with E-state index in [9.17, 15) is 4.79 Å². The average Bonchev–Trinajstić information content (AvgIpc) is 3.25. The number of hydrogen-bond donors (Lipinski definition) is 2.